The summed E-state index contributed by atoms with van der Waals surface area (Å²) in [5.41, 5.74) is 7.34. The van der Waals surface area contributed by atoms with Crippen LogP contribution in [0.3, 0.4) is 0 Å². The van der Waals surface area contributed by atoms with Crippen molar-refractivity contribution in [1.82, 2.24) is 9.88 Å². The molecule has 19 heavy (non-hydrogen) atoms. The molecule has 1 aliphatic rings. The van der Waals surface area contributed by atoms with E-state index in [1.165, 1.54) is 6.42 Å². The van der Waals surface area contributed by atoms with Crippen LogP contribution in [0.4, 0.5) is 5.82 Å². The molecule has 1 aromatic rings. The Morgan fingerprint density at radius 3 is 2.79 bits per heavy atom. The SMILES string of the molecule is CCCc1cc(C(=O)N(C)CC2CC2C)cc(N)n1. The van der Waals surface area contributed by atoms with Gasteiger partial charge in [0.2, 0.25) is 0 Å². The quantitative estimate of drug-likeness (QED) is 0.885. The Bertz CT molecular complexity index is 472. The van der Waals surface area contributed by atoms with E-state index in [0.29, 0.717) is 17.3 Å². The zero-order valence-corrected chi connectivity index (χ0v) is 12.0. The Balaban J connectivity index is 2.08. The number of pyridine rings is 1. The van der Waals surface area contributed by atoms with Crippen molar-refractivity contribution in [2.24, 2.45) is 11.8 Å². The average Bonchev–Trinajstić information content (AvgIpc) is 3.03. The van der Waals surface area contributed by atoms with Crippen LogP contribution in [0, 0.1) is 11.8 Å². The van der Waals surface area contributed by atoms with E-state index in [9.17, 15) is 4.79 Å². The largest absolute Gasteiger partial charge is 0.384 e. The van der Waals surface area contributed by atoms with Gasteiger partial charge in [0.15, 0.2) is 0 Å². The molecule has 1 aromatic heterocycles. The number of nitrogens with two attached hydrogens (primary N) is 1. The number of hydrogen-bond donors (Lipinski definition) is 1. The number of amides is 1. The van der Waals surface area contributed by atoms with E-state index >= 15 is 0 Å². The number of hydrogen-bond acceptors (Lipinski definition) is 3. The Hall–Kier alpha value is -1.58. The fraction of sp³-hybridized carbons (Fsp3) is 0.600. The van der Waals surface area contributed by atoms with Gasteiger partial charge in [0.25, 0.3) is 5.91 Å². The second-order valence-electron chi connectivity index (χ2n) is 5.68. The third-order valence-corrected chi connectivity index (χ3v) is 3.78. The number of rotatable bonds is 5. The molecule has 1 heterocycles. The highest BCUT2D eigenvalue weighted by Gasteiger charge is 2.34. The lowest BCUT2D eigenvalue weighted by molar-refractivity contribution is 0.0787. The van der Waals surface area contributed by atoms with Gasteiger partial charge in [0, 0.05) is 24.8 Å². The van der Waals surface area contributed by atoms with Crippen LogP contribution in [-0.2, 0) is 6.42 Å². The predicted octanol–water partition coefficient (Wildman–Crippen LogP) is 2.34. The molecule has 2 unspecified atom stereocenters. The molecule has 1 fully saturated rings. The summed E-state index contributed by atoms with van der Waals surface area (Å²) in [7, 11) is 1.86. The van der Waals surface area contributed by atoms with Crippen LogP contribution in [-0.4, -0.2) is 29.4 Å². The topological polar surface area (TPSA) is 59.2 Å². The number of aromatic nitrogens is 1. The molecular weight excluding hydrogens is 238 g/mol. The first-order valence-corrected chi connectivity index (χ1v) is 7.03. The lowest BCUT2D eigenvalue weighted by atomic mass is 10.1. The second-order valence-corrected chi connectivity index (χ2v) is 5.68. The van der Waals surface area contributed by atoms with Crippen LogP contribution in [0.2, 0.25) is 0 Å². The molecule has 104 valence electrons. The highest BCUT2D eigenvalue weighted by molar-refractivity contribution is 5.94. The van der Waals surface area contributed by atoms with Crippen molar-refractivity contribution >= 4 is 11.7 Å². The first kappa shape index (κ1) is 13.8. The smallest absolute Gasteiger partial charge is 0.253 e. The van der Waals surface area contributed by atoms with Gasteiger partial charge in [-0.2, -0.15) is 0 Å². The monoisotopic (exact) mass is 261 g/mol. The van der Waals surface area contributed by atoms with E-state index in [1.54, 1.807) is 11.0 Å². The lowest BCUT2D eigenvalue weighted by Crippen LogP contribution is -2.29. The van der Waals surface area contributed by atoms with E-state index in [4.69, 9.17) is 5.73 Å². The van der Waals surface area contributed by atoms with Gasteiger partial charge in [-0.05, 0) is 36.8 Å². The highest BCUT2D eigenvalue weighted by Crippen LogP contribution is 2.38. The zero-order valence-electron chi connectivity index (χ0n) is 12.0. The molecule has 1 aliphatic carbocycles. The number of carbonyl (C=O) groups excluding carboxylic acids is 1. The third-order valence-electron chi connectivity index (χ3n) is 3.78. The summed E-state index contributed by atoms with van der Waals surface area (Å²) < 4.78 is 0. The Morgan fingerprint density at radius 2 is 2.21 bits per heavy atom. The van der Waals surface area contributed by atoms with E-state index in [-0.39, 0.29) is 5.91 Å². The van der Waals surface area contributed by atoms with Crippen molar-refractivity contribution in [3.63, 3.8) is 0 Å². The second kappa shape index (κ2) is 5.59. The molecule has 0 saturated heterocycles. The molecule has 1 amide bonds. The third kappa shape index (κ3) is 3.46. The first-order valence-electron chi connectivity index (χ1n) is 7.03. The summed E-state index contributed by atoms with van der Waals surface area (Å²) in [6.45, 7) is 5.16. The van der Waals surface area contributed by atoms with Gasteiger partial charge in [-0.15, -0.1) is 0 Å². The molecule has 2 atom stereocenters. The normalized spacial score (nSPS) is 21.2. The summed E-state index contributed by atoms with van der Waals surface area (Å²) in [4.78, 5) is 18.4. The summed E-state index contributed by atoms with van der Waals surface area (Å²) in [5.74, 6) is 1.91. The summed E-state index contributed by atoms with van der Waals surface area (Å²) in [6.07, 6.45) is 3.09. The maximum Gasteiger partial charge on any atom is 0.253 e. The summed E-state index contributed by atoms with van der Waals surface area (Å²) in [5, 5.41) is 0. The Morgan fingerprint density at radius 1 is 1.53 bits per heavy atom. The molecule has 0 radical (unpaired) electrons. The maximum atomic E-state index is 12.4. The maximum absolute atomic E-state index is 12.4. The van der Waals surface area contributed by atoms with E-state index in [1.807, 2.05) is 13.1 Å². The van der Waals surface area contributed by atoms with Crippen molar-refractivity contribution < 1.29 is 4.79 Å². The number of anilines is 1. The lowest BCUT2D eigenvalue weighted by Gasteiger charge is -2.17. The minimum Gasteiger partial charge on any atom is -0.384 e. The predicted molar refractivity (Wildman–Crippen MR) is 76.9 cm³/mol. The van der Waals surface area contributed by atoms with Crippen molar-refractivity contribution in [3.05, 3.63) is 23.4 Å². The minimum absolute atomic E-state index is 0.0468. The fourth-order valence-electron chi connectivity index (χ4n) is 2.43. The molecule has 0 bridgehead atoms. The molecule has 4 heteroatoms. The molecule has 1 saturated carbocycles. The van der Waals surface area contributed by atoms with Crippen LogP contribution in [0.1, 0.15) is 42.7 Å². The van der Waals surface area contributed by atoms with Crippen LogP contribution in [0.25, 0.3) is 0 Å². The number of nitrogens with zero attached hydrogens (tertiary/aromatic N) is 2. The van der Waals surface area contributed by atoms with Crippen molar-refractivity contribution in [1.29, 1.82) is 0 Å². The summed E-state index contributed by atoms with van der Waals surface area (Å²) in [6, 6.07) is 3.54. The van der Waals surface area contributed by atoms with Gasteiger partial charge in [0.1, 0.15) is 5.82 Å². The average molecular weight is 261 g/mol. The van der Waals surface area contributed by atoms with Crippen molar-refractivity contribution in [2.45, 2.75) is 33.1 Å². The first-order chi connectivity index (χ1) is 9.01. The zero-order chi connectivity index (χ0) is 14.0. The van der Waals surface area contributed by atoms with Gasteiger partial charge in [-0.3, -0.25) is 4.79 Å². The molecule has 4 nitrogen and oxygen atoms in total. The van der Waals surface area contributed by atoms with E-state index in [2.05, 4.69) is 18.8 Å². The molecule has 0 spiro atoms. The number of nitrogen functional groups attached to an aromatic ring is 1. The van der Waals surface area contributed by atoms with Gasteiger partial charge in [-0.25, -0.2) is 4.98 Å². The summed E-state index contributed by atoms with van der Waals surface area (Å²) >= 11 is 0. The molecule has 2 N–H and O–H groups in total. The van der Waals surface area contributed by atoms with Crippen molar-refractivity contribution in [2.75, 3.05) is 19.3 Å². The van der Waals surface area contributed by atoms with Crippen LogP contribution in [0.15, 0.2) is 12.1 Å². The van der Waals surface area contributed by atoms with Gasteiger partial charge < -0.3 is 10.6 Å². The highest BCUT2D eigenvalue weighted by atomic mass is 16.2. The molecular formula is C15H23N3O. The van der Waals surface area contributed by atoms with Crippen LogP contribution >= 0.6 is 0 Å². The Labute approximate surface area is 115 Å². The van der Waals surface area contributed by atoms with Crippen LogP contribution < -0.4 is 5.73 Å². The minimum atomic E-state index is 0.0468. The molecule has 0 aliphatic heterocycles. The Kier molecular flexibility index (Phi) is 4.08. The van der Waals surface area contributed by atoms with E-state index < -0.39 is 0 Å². The van der Waals surface area contributed by atoms with Crippen molar-refractivity contribution in [3.8, 4) is 0 Å². The van der Waals surface area contributed by atoms with E-state index in [0.717, 1.165) is 31.0 Å². The fourth-order valence-corrected chi connectivity index (χ4v) is 2.43. The van der Waals surface area contributed by atoms with Gasteiger partial charge >= 0.3 is 0 Å². The number of carbonyl (C=O) groups is 1. The van der Waals surface area contributed by atoms with Crippen LogP contribution in [0.5, 0.6) is 0 Å². The molecule has 0 aromatic carbocycles. The standard InChI is InChI=1S/C15H23N3O/c1-4-5-13-7-11(8-14(16)17-13)15(19)18(3)9-12-6-10(12)2/h7-8,10,12H,4-6,9H2,1-3H3,(H2,16,17). The van der Waals surface area contributed by atoms with Gasteiger partial charge in [0.05, 0.1) is 0 Å². The van der Waals surface area contributed by atoms with Gasteiger partial charge in [-0.1, -0.05) is 20.3 Å². The number of aryl methyl sites for hydroxylation is 1. The molecule has 2 rings (SSSR count).